The van der Waals surface area contributed by atoms with Gasteiger partial charge in [0.1, 0.15) is 11.4 Å². The van der Waals surface area contributed by atoms with Crippen molar-refractivity contribution in [3.05, 3.63) is 46.5 Å². The molecule has 21 heavy (non-hydrogen) atoms. The monoisotopic (exact) mass is 286 g/mol. The quantitative estimate of drug-likeness (QED) is 0.907. The van der Waals surface area contributed by atoms with E-state index in [2.05, 4.69) is 9.97 Å². The summed E-state index contributed by atoms with van der Waals surface area (Å²) in [6.45, 7) is 0.753. The third-order valence-corrected chi connectivity index (χ3v) is 3.71. The molecule has 2 N–H and O–H groups in total. The van der Waals surface area contributed by atoms with Gasteiger partial charge in [-0.1, -0.05) is 30.3 Å². The average Bonchev–Trinajstić information content (AvgIpc) is 2.49. The van der Waals surface area contributed by atoms with Gasteiger partial charge >= 0.3 is 0 Å². The lowest BCUT2D eigenvalue weighted by atomic mass is 10.1. The summed E-state index contributed by atoms with van der Waals surface area (Å²) in [4.78, 5) is 19.1. The second kappa shape index (κ2) is 6.10. The zero-order valence-corrected chi connectivity index (χ0v) is 11.7. The Hall–Kier alpha value is -2.14. The fraction of sp³-hybridized carbons (Fsp3) is 0.375. The number of aromatic hydroxyl groups is 1. The highest BCUT2D eigenvalue weighted by molar-refractivity contribution is 5.66. The maximum atomic E-state index is 12.2. The maximum Gasteiger partial charge on any atom is 0.262 e. The molecule has 1 aromatic carbocycles. The van der Waals surface area contributed by atoms with Crippen molar-refractivity contribution in [3.63, 3.8) is 0 Å². The van der Waals surface area contributed by atoms with Crippen LogP contribution in [-0.4, -0.2) is 27.8 Å². The van der Waals surface area contributed by atoms with Crippen molar-refractivity contribution in [2.24, 2.45) is 0 Å². The van der Waals surface area contributed by atoms with Gasteiger partial charge in [-0.3, -0.25) is 4.79 Å². The lowest BCUT2D eigenvalue weighted by Gasteiger charge is -2.22. The van der Waals surface area contributed by atoms with Crippen LogP contribution in [0.3, 0.4) is 0 Å². The zero-order chi connectivity index (χ0) is 14.7. The van der Waals surface area contributed by atoms with E-state index in [9.17, 15) is 9.90 Å². The van der Waals surface area contributed by atoms with Gasteiger partial charge < -0.3 is 14.8 Å². The van der Waals surface area contributed by atoms with Crippen molar-refractivity contribution in [1.29, 1.82) is 0 Å². The molecule has 0 aliphatic carbocycles. The first-order valence-electron chi connectivity index (χ1n) is 7.23. The Morgan fingerprint density at radius 3 is 2.76 bits per heavy atom. The summed E-state index contributed by atoms with van der Waals surface area (Å²) in [7, 11) is 0. The summed E-state index contributed by atoms with van der Waals surface area (Å²) in [5, 5.41) is 10.1. The van der Waals surface area contributed by atoms with Crippen molar-refractivity contribution in [2.45, 2.75) is 31.8 Å². The number of H-pyrrole nitrogens is 1. The average molecular weight is 286 g/mol. The highest BCUT2D eigenvalue weighted by Gasteiger charge is 2.18. The summed E-state index contributed by atoms with van der Waals surface area (Å²) in [6.07, 6.45) is 3.77. The number of rotatable bonds is 3. The van der Waals surface area contributed by atoms with Crippen LogP contribution in [0.25, 0.3) is 11.1 Å². The molecule has 2 heterocycles. The van der Waals surface area contributed by atoms with Gasteiger partial charge in [0.2, 0.25) is 5.88 Å². The number of aromatic amines is 1. The van der Waals surface area contributed by atoms with Crippen LogP contribution in [-0.2, 0) is 11.2 Å². The van der Waals surface area contributed by atoms with E-state index in [4.69, 9.17) is 4.74 Å². The largest absolute Gasteiger partial charge is 0.493 e. The Balaban J connectivity index is 1.87. The molecule has 1 saturated heterocycles. The summed E-state index contributed by atoms with van der Waals surface area (Å²) in [6, 6.07) is 9.04. The number of hydrogen-bond acceptors (Lipinski definition) is 4. The van der Waals surface area contributed by atoms with E-state index in [0.29, 0.717) is 17.8 Å². The summed E-state index contributed by atoms with van der Waals surface area (Å²) < 4.78 is 5.63. The molecule has 1 aromatic heterocycles. The third-order valence-electron chi connectivity index (χ3n) is 3.71. The maximum absolute atomic E-state index is 12.2. The van der Waals surface area contributed by atoms with Crippen LogP contribution in [0.2, 0.25) is 0 Å². The summed E-state index contributed by atoms with van der Waals surface area (Å²) in [5.74, 6) is 0.250. The molecule has 1 fully saturated rings. The minimum atomic E-state index is -0.320. The van der Waals surface area contributed by atoms with E-state index >= 15 is 0 Å². The highest BCUT2D eigenvalue weighted by Crippen LogP contribution is 2.23. The molecule has 1 atom stereocenters. The lowest BCUT2D eigenvalue weighted by Crippen LogP contribution is -2.24. The predicted octanol–water partition coefficient (Wildman–Crippen LogP) is 2.25. The van der Waals surface area contributed by atoms with E-state index < -0.39 is 0 Å². The minimum absolute atomic E-state index is 0.0730. The fourth-order valence-corrected chi connectivity index (χ4v) is 2.65. The molecular weight excluding hydrogens is 268 g/mol. The van der Waals surface area contributed by atoms with Gasteiger partial charge in [0.25, 0.3) is 5.56 Å². The smallest absolute Gasteiger partial charge is 0.262 e. The molecule has 110 valence electrons. The number of nitrogens with zero attached hydrogens (tertiary/aromatic N) is 1. The predicted molar refractivity (Wildman–Crippen MR) is 79.3 cm³/mol. The van der Waals surface area contributed by atoms with Crippen molar-refractivity contribution >= 4 is 0 Å². The van der Waals surface area contributed by atoms with E-state index in [1.165, 1.54) is 0 Å². The van der Waals surface area contributed by atoms with Gasteiger partial charge in [0, 0.05) is 13.0 Å². The first kappa shape index (κ1) is 13.8. The number of benzene rings is 1. The van der Waals surface area contributed by atoms with E-state index in [1.807, 2.05) is 18.2 Å². The van der Waals surface area contributed by atoms with Crippen molar-refractivity contribution in [3.8, 4) is 17.0 Å². The van der Waals surface area contributed by atoms with Crippen molar-refractivity contribution in [1.82, 2.24) is 9.97 Å². The molecule has 0 radical (unpaired) electrons. The van der Waals surface area contributed by atoms with E-state index in [-0.39, 0.29) is 23.1 Å². The van der Waals surface area contributed by atoms with Crippen LogP contribution in [0.1, 0.15) is 25.1 Å². The molecule has 5 heteroatoms. The second-order valence-electron chi connectivity index (χ2n) is 5.27. The molecule has 5 nitrogen and oxygen atoms in total. The third kappa shape index (κ3) is 3.13. The van der Waals surface area contributed by atoms with Gasteiger partial charge in [0.05, 0.1) is 6.10 Å². The first-order valence-corrected chi connectivity index (χ1v) is 7.23. The summed E-state index contributed by atoms with van der Waals surface area (Å²) in [5.41, 5.74) is 0.549. The van der Waals surface area contributed by atoms with E-state index in [1.54, 1.807) is 12.1 Å². The van der Waals surface area contributed by atoms with Gasteiger partial charge in [-0.2, -0.15) is 4.98 Å². The fourth-order valence-electron chi connectivity index (χ4n) is 2.65. The van der Waals surface area contributed by atoms with Crippen LogP contribution >= 0.6 is 0 Å². The number of hydrogen-bond donors (Lipinski definition) is 2. The zero-order valence-electron chi connectivity index (χ0n) is 11.7. The SMILES string of the molecule is O=c1[nH]c(CC2CCCCO2)nc(O)c1-c1ccccc1. The number of aromatic nitrogens is 2. The van der Waals surface area contributed by atoms with Gasteiger partial charge in [-0.15, -0.1) is 0 Å². The Kier molecular flexibility index (Phi) is 4.01. The van der Waals surface area contributed by atoms with Gasteiger partial charge in [0.15, 0.2) is 0 Å². The van der Waals surface area contributed by atoms with Gasteiger partial charge in [-0.25, -0.2) is 0 Å². The molecule has 0 amide bonds. The standard InChI is InChI=1S/C16H18N2O3/c19-15-14(11-6-2-1-3-7-11)16(20)18-13(17-15)10-12-8-4-5-9-21-12/h1-3,6-7,12H,4-5,8-10H2,(H2,17,18,19,20). The topological polar surface area (TPSA) is 75.2 Å². The lowest BCUT2D eigenvalue weighted by molar-refractivity contribution is 0.0155. The Morgan fingerprint density at radius 1 is 1.29 bits per heavy atom. The van der Waals surface area contributed by atoms with E-state index in [0.717, 1.165) is 25.9 Å². The Morgan fingerprint density at radius 2 is 2.10 bits per heavy atom. The van der Waals surface area contributed by atoms with Crippen molar-refractivity contribution in [2.75, 3.05) is 6.61 Å². The summed E-state index contributed by atoms with van der Waals surface area (Å²) >= 11 is 0. The van der Waals surface area contributed by atoms with Crippen LogP contribution in [0.15, 0.2) is 35.1 Å². The second-order valence-corrected chi connectivity index (χ2v) is 5.27. The van der Waals surface area contributed by atoms with Crippen LogP contribution in [0, 0.1) is 0 Å². The normalized spacial score (nSPS) is 18.6. The molecule has 2 aromatic rings. The molecule has 0 spiro atoms. The number of ether oxygens (including phenoxy) is 1. The Labute approximate surface area is 122 Å². The van der Waals surface area contributed by atoms with Crippen molar-refractivity contribution < 1.29 is 9.84 Å². The first-order chi connectivity index (χ1) is 10.2. The van der Waals surface area contributed by atoms with Crippen LogP contribution < -0.4 is 5.56 Å². The molecule has 3 rings (SSSR count). The molecule has 1 aliphatic rings. The molecule has 0 bridgehead atoms. The molecule has 0 saturated carbocycles. The van der Waals surface area contributed by atoms with Crippen LogP contribution in [0.4, 0.5) is 0 Å². The number of nitrogens with one attached hydrogen (secondary N) is 1. The Bertz CT molecular complexity index is 661. The highest BCUT2D eigenvalue weighted by atomic mass is 16.5. The van der Waals surface area contributed by atoms with Crippen LogP contribution in [0.5, 0.6) is 5.88 Å². The minimum Gasteiger partial charge on any atom is -0.493 e. The molecule has 1 aliphatic heterocycles. The van der Waals surface area contributed by atoms with Gasteiger partial charge in [-0.05, 0) is 24.8 Å². The molecular formula is C16H18N2O3. The molecule has 1 unspecified atom stereocenters.